The molecule has 0 aliphatic carbocycles. The highest BCUT2D eigenvalue weighted by Gasteiger charge is 2.20. The van der Waals surface area contributed by atoms with Crippen molar-refractivity contribution >= 4 is 28.5 Å². The number of halogens is 1. The maximum atomic E-state index is 11.4. The summed E-state index contributed by atoms with van der Waals surface area (Å²) in [4.78, 5) is 11.4. The molecule has 0 spiro atoms. The highest BCUT2D eigenvalue weighted by Crippen LogP contribution is 2.12. The molecule has 1 unspecified atom stereocenters. The minimum Gasteiger partial charge on any atom is -0.381 e. The maximum Gasteiger partial charge on any atom is 0.225 e. The van der Waals surface area contributed by atoms with Crippen LogP contribution in [0.4, 0.5) is 0 Å². The molecule has 1 N–H and O–H groups in total. The summed E-state index contributed by atoms with van der Waals surface area (Å²) < 4.78 is 6.19. The minimum atomic E-state index is 0.0988. The van der Waals surface area contributed by atoms with E-state index in [1.807, 2.05) is 0 Å². The lowest BCUT2D eigenvalue weighted by atomic mass is 10.0. The van der Waals surface area contributed by atoms with E-state index in [4.69, 9.17) is 4.74 Å². The van der Waals surface area contributed by atoms with Gasteiger partial charge in [0.15, 0.2) is 0 Å². The monoisotopic (exact) mass is 283 g/mol. The molecule has 3 nitrogen and oxygen atoms in total. The van der Waals surface area contributed by atoms with Gasteiger partial charge in [-0.2, -0.15) is 0 Å². The molecule has 0 saturated carbocycles. The number of hydrogen-bond donors (Lipinski definition) is 1. The average molecular weight is 283 g/mol. The molecule has 0 radical (unpaired) electrons. The molecule has 0 aromatic heterocycles. The molecule has 12 heavy (non-hydrogen) atoms. The van der Waals surface area contributed by atoms with Gasteiger partial charge in [0.2, 0.25) is 5.91 Å². The fraction of sp³-hybridized carbons (Fsp3) is 0.875. The van der Waals surface area contributed by atoms with E-state index in [-0.39, 0.29) is 11.8 Å². The van der Waals surface area contributed by atoms with E-state index in [0.29, 0.717) is 6.61 Å². The Morgan fingerprint density at radius 3 is 3.08 bits per heavy atom. The number of nitrogens with one attached hydrogen (secondary N) is 1. The largest absolute Gasteiger partial charge is 0.381 e. The molecule has 0 bridgehead atoms. The number of hydrogen-bond acceptors (Lipinski definition) is 2. The number of rotatable bonds is 3. The van der Waals surface area contributed by atoms with Crippen LogP contribution in [0.2, 0.25) is 0 Å². The first kappa shape index (κ1) is 10.2. The fourth-order valence-corrected chi connectivity index (χ4v) is 1.53. The number of alkyl halides is 1. The summed E-state index contributed by atoms with van der Waals surface area (Å²) in [5.74, 6) is 0.257. The molecule has 0 aromatic carbocycles. The minimum absolute atomic E-state index is 0.0988. The van der Waals surface area contributed by atoms with Gasteiger partial charge >= 0.3 is 0 Å². The summed E-state index contributed by atoms with van der Waals surface area (Å²) in [6, 6.07) is 0. The molecule has 1 rings (SSSR count). The lowest BCUT2D eigenvalue weighted by Gasteiger charge is -2.20. The zero-order valence-corrected chi connectivity index (χ0v) is 9.17. The predicted molar refractivity (Wildman–Crippen MR) is 55.4 cm³/mol. The Morgan fingerprint density at radius 1 is 1.67 bits per heavy atom. The summed E-state index contributed by atoms with van der Waals surface area (Å²) in [5, 5.41) is 2.88. The Bertz CT molecular complexity index is 146. The lowest BCUT2D eigenvalue weighted by molar-refractivity contribution is -0.128. The Kier molecular flexibility index (Phi) is 4.90. The molecule has 1 heterocycles. The van der Waals surface area contributed by atoms with E-state index in [9.17, 15) is 4.79 Å². The summed E-state index contributed by atoms with van der Waals surface area (Å²) in [6.45, 7) is 2.19. The average Bonchev–Trinajstić information content (AvgIpc) is 2.15. The van der Waals surface area contributed by atoms with Crippen molar-refractivity contribution in [1.29, 1.82) is 0 Å². The van der Waals surface area contributed by atoms with Crippen LogP contribution in [0.3, 0.4) is 0 Å². The topological polar surface area (TPSA) is 38.3 Å². The van der Waals surface area contributed by atoms with Crippen LogP contribution in [0.25, 0.3) is 0 Å². The van der Waals surface area contributed by atoms with E-state index in [1.54, 1.807) is 0 Å². The third kappa shape index (κ3) is 3.26. The van der Waals surface area contributed by atoms with Crippen LogP contribution in [0.15, 0.2) is 0 Å². The molecular formula is C8H14INO2. The molecule has 4 heteroatoms. The second-order valence-corrected chi connectivity index (χ2v) is 3.97. The summed E-state index contributed by atoms with van der Waals surface area (Å²) in [6.07, 6.45) is 2.00. The van der Waals surface area contributed by atoms with E-state index in [1.165, 1.54) is 0 Å². The van der Waals surface area contributed by atoms with Crippen LogP contribution in [-0.2, 0) is 9.53 Å². The van der Waals surface area contributed by atoms with Crippen molar-refractivity contribution in [2.75, 3.05) is 24.2 Å². The molecular weight excluding hydrogens is 269 g/mol. The van der Waals surface area contributed by atoms with E-state index < -0.39 is 0 Å². The quantitative estimate of drug-likeness (QED) is 0.619. The van der Waals surface area contributed by atoms with Gasteiger partial charge in [0.05, 0.1) is 12.5 Å². The molecule has 1 atom stereocenters. The van der Waals surface area contributed by atoms with Crippen LogP contribution >= 0.6 is 22.6 Å². The molecule has 70 valence electrons. The predicted octanol–water partition coefficient (Wildman–Crippen LogP) is 0.964. The summed E-state index contributed by atoms with van der Waals surface area (Å²) in [5.41, 5.74) is 0. The van der Waals surface area contributed by atoms with Gasteiger partial charge in [0.25, 0.3) is 0 Å². The molecule has 1 amide bonds. The van der Waals surface area contributed by atoms with Gasteiger partial charge in [-0.3, -0.25) is 4.79 Å². The molecule has 1 aliphatic heterocycles. The third-order valence-corrected chi connectivity index (χ3v) is 2.46. The van der Waals surface area contributed by atoms with Crippen LogP contribution in [0, 0.1) is 5.92 Å². The van der Waals surface area contributed by atoms with Gasteiger partial charge in [-0.1, -0.05) is 22.6 Å². The molecule has 1 saturated heterocycles. The van der Waals surface area contributed by atoms with Crippen molar-refractivity contribution in [3.63, 3.8) is 0 Å². The fourth-order valence-electron chi connectivity index (χ4n) is 1.26. The maximum absolute atomic E-state index is 11.4. The van der Waals surface area contributed by atoms with Crippen molar-refractivity contribution in [2.24, 2.45) is 5.92 Å². The molecule has 1 aliphatic rings. The first-order valence-electron chi connectivity index (χ1n) is 4.26. The standard InChI is InChI=1S/C8H14INO2/c9-3-4-10-8(11)7-2-1-5-12-6-7/h7H,1-6H2,(H,10,11). The smallest absolute Gasteiger partial charge is 0.225 e. The van der Waals surface area contributed by atoms with Gasteiger partial charge in [-0.15, -0.1) is 0 Å². The van der Waals surface area contributed by atoms with Crippen LogP contribution in [-0.4, -0.2) is 30.1 Å². The second kappa shape index (κ2) is 5.75. The third-order valence-electron chi connectivity index (χ3n) is 1.92. The summed E-state index contributed by atoms with van der Waals surface area (Å²) in [7, 11) is 0. The van der Waals surface area contributed by atoms with Crippen LogP contribution in [0.1, 0.15) is 12.8 Å². The zero-order chi connectivity index (χ0) is 8.81. The highest BCUT2D eigenvalue weighted by molar-refractivity contribution is 14.1. The molecule has 1 fully saturated rings. The number of amides is 1. The Balaban J connectivity index is 2.20. The van der Waals surface area contributed by atoms with E-state index in [2.05, 4.69) is 27.9 Å². The van der Waals surface area contributed by atoms with Crippen molar-refractivity contribution in [1.82, 2.24) is 5.32 Å². The van der Waals surface area contributed by atoms with Crippen LogP contribution < -0.4 is 5.32 Å². The van der Waals surface area contributed by atoms with Gasteiger partial charge in [0, 0.05) is 17.6 Å². The number of carbonyl (C=O) groups is 1. The second-order valence-electron chi connectivity index (χ2n) is 2.89. The highest BCUT2D eigenvalue weighted by atomic mass is 127. The first-order chi connectivity index (χ1) is 5.84. The normalized spacial score (nSPS) is 23.6. The van der Waals surface area contributed by atoms with Crippen molar-refractivity contribution in [3.8, 4) is 0 Å². The Labute approximate surface area is 86.4 Å². The Hall–Kier alpha value is 0.160. The van der Waals surface area contributed by atoms with E-state index >= 15 is 0 Å². The van der Waals surface area contributed by atoms with Crippen LogP contribution in [0.5, 0.6) is 0 Å². The Morgan fingerprint density at radius 2 is 2.50 bits per heavy atom. The van der Waals surface area contributed by atoms with Gasteiger partial charge < -0.3 is 10.1 Å². The molecule has 0 aromatic rings. The first-order valence-corrected chi connectivity index (χ1v) is 5.78. The summed E-state index contributed by atoms with van der Waals surface area (Å²) >= 11 is 2.25. The lowest BCUT2D eigenvalue weighted by Crippen LogP contribution is -2.36. The van der Waals surface area contributed by atoms with Crippen molar-refractivity contribution < 1.29 is 9.53 Å². The SMILES string of the molecule is O=C(NCCI)C1CCCOC1. The van der Waals surface area contributed by atoms with E-state index in [0.717, 1.165) is 30.4 Å². The van der Waals surface area contributed by atoms with Gasteiger partial charge in [-0.25, -0.2) is 0 Å². The number of carbonyl (C=O) groups excluding carboxylic acids is 1. The number of ether oxygens (including phenoxy) is 1. The zero-order valence-electron chi connectivity index (χ0n) is 7.01. The van der Waals surface area contributed by atoms with Crippen molar-refractivity contribution in [3.05, 3.63) is 0 Å². The van der Waals surface area contributed by atoms with Crippen molar-refractivity contribution in [2.45, 2.75) is 12.8 Å². The van der Waals surface area contributed by atoms with Gasteiger partial charge in [0.1, 0.15) is 0 Å². The van der Waals surface area contributed by atoms with Gasteiger partial charge in [-0.05, 0) is 12.8 Å².